The van der Waals surface area contributed by atoms with E-state index in [-0.39, 0.29) is 6.42 Å². The van der Waals surface area contributed by atoms with E-state index in [0.29, 0.717) is 24.7 Å². The van der Waals surface area contributed by atoms with Gasteiger partial charge in [0.1, 0.15) is 11.5 Å². The summed E-state index contributed by atoms with van der Waals surface area (Å²) in [7, 11) is 3.32. The number of carboxylic acid groups (broad SMARTS) is 1. The summed E-state index contributed by atoms with van der Waals surface area (Å²) in [5.74, 6) is 2.64. The Morgan fingerprint density at radius 3 is 2.72 bits per heavy atom. The molecule has 7 nitrogen and oxygen atoms in total. The molecule has 0 spiro atoms. The van der Waals surface area contributed by atoms with Gasteiger partial charge in [-0.3, -0.25) is 9.78 Å². The van der Waals surface area contributed by atoms with E-state index < -0.39 is 12.1 Å². The maximum atomic E-state index is 11.4. The minimum absolute atomic E-state index is 0.192. The van der Waals surface area contributed by atoms with E-state index in [9.17, 15) is 15.0 Å². The minimum Gasteiger partial charge on any atom is -0.497 e. The number of benzene rings is 2. The lowest BCUT2D eigenvalue weighted by molar-refractivity contribution is -0.137. The highest BCUT2D eigenvalue weighted by molar-refractivity contribution is 7.99. The molecule has 1 aliphatic rings. The van der Waals surface area contributed by atoms with Crippen LogP contribution in [-0.2, 0) is 4.79 Å². The highest BCUT2D eigenvalue weighted by atomic mass is 32.2. The molecule has 4 rings (SSSR count). The third-order valence-electron chi connectivity index (χ3n) is 7.79. The van der Waals surface area contributed by atoms with Crippen molar-refractivity contribution in [2.75, 3.05) is 39.6 Å². The lowest BCUT2D eigenvalue weighted by atomic mass is 9.79. The number of hydrogen-bond acceptors (Lipinski definition) is 7. The molecule has 0 aliphatic carbocycles. The number of likely N-dealkylation sites (tertiary alicyclic amines) is 1. The van der Waals surface area contributed by atoms with Crippen LogP contribution >= 0.6 is 11.8 Å². The second-order valence-corrected chi connectivity index (χ2v) is 11.5. The first kappa shape index (κ1) is 29.2. The SMILES string of the molecule is COc1cccc(SCCCN2CC[C@@H](CC[C@@H](O)c3ccnc4ccc(OC)cc34)[C@H](CCC(=O)O)C2)c1. The Morgan fingerprint density at radius 1 is 1.10 bits per heavy atom. The van der Waals surface area contributed by atoms with Gasteiger partial charge in [0.25, 0.3) is 0 Å². The average molecular weight is 553 g/mol. The van der Waals surface area contributed by atoms with Crippen LogP contribution in [0.1, 0.15) is 50.2 Å². The molecule has 2 N–H and O–H groups in total. The Kier molecular flexibility index (Phi) is 10.9. The van der Waals surface area contributed by atoms with Crippen LogP contribution in [0.2, 0.25) is 0 Å². The zero-order valence-corrected chi connectivity index (χ0v) is 23.7. The monoisotopic (exact) mass is 552 g/mol. The van der Waals surface area contributed by atoms with Gasteiger partial charge in [-0.05, 0) is 111 Å². The number of aromatic nitrogens is 1. The molecule has 0 bridgehead atoms. The van der Waals surface area contributed by atoms with Crippen LogP contribution in [-0.4, -0.2) is 65.7 Å². The number of aliphatic carboxylic acids is 1. The van der Waals surface area contributed by atoms with Crippen molar-refractivity contribution in [2.24, 2.45) is 11.8 Å². The smallest absolute Gasteiger partial charge is 0.303 e. The molecule has 1 saturated heterocycles. The lowest BCUT2D eigenvalue weighted by Gasteiger charge is -2.39. The third-order valence-corrected chi connectivity index (χ3v) is 8.87. The number of fused-ring (bicyclic) bond motifs is 1. The number of rotatable bonds is 14. The molecule has 2 heterocycles. The second-order valence-electron chi connectivity index (χ2n) is 10.3. The van der Waals surface area contributed by atoms with Crippen LogP contribution in [0.5, 0.6) is 11.5 Å². The Hall–Kier alpha value is -2.81. The van der Waals surface area contributed by atoms with Gasteiger partial charge in [-0.15, -0.1) is 11.8 Å². The summed E-state index contributed by atoms with van der Waals surface area (Å²) in [5.41, 5.74) is 1.71. The molecule has 210 valence electrons. The van der Waals surface area contributed by atoms with Gasteiger partial charge in [-0.2, -0.15) is 0 Å². The highest BCUT2D eigenvalue weighted by Gasteiger charge is 2.30. The van der Waals surface area contributed by atoms with E-state index in [1.807, 2.05) is 48.2 Å². The predicted molar refractivity (Wildman–Crippen MR) is 156 cm³/mol. The van der Waals surface area contributed by atoms with Crippen LogP contribution in [0, 0.1) is 11.8 Å². The predicted octanol–water partition coefficient (Wildman–Crippen LogP) is 6.05. The first-order valence-electron chi connectivity index (χ1n) is 13.8. The molecule has 0 radical (unpaired) electrons. The largest absolute Gasteiger partial charge is 0.497 e. The second kappa shape index (κ2) is 14.5. The fourth-order valence-corrected chi connectivity index (χ4v) is 6.52. The van der Waals surface area contributed by atoms with Crippen LogP contribution in [0.4, 0.5) is 0 Å². The summed E-state index contributed by atoms with van der Waals surface area (Å²) >= 11 is 1.84. The van der Waals surface area contributed by atoms with Crippen molar-refractivity contribution in [1.82, 2.24) is 9.88 Å². The Morgan fingerprint density at radius 2 is 1.92 bits per heavy atom. The number of carbonyl (C=O) groups is 1. The van der Waals surface area contributed by atoms with Gasteiger partial charge >= 0.3 is 5.97 Å². The van der Waals surface area contributed by atoms with Crippen molar-refractivity contribution >= 4 is 28.6 Å². The van der Waals surface area contributed by atoms with E-state index in [0.717, 1.165) is 72.6 Å². The maximum Gasteiger partial charge on any atom is 0.303 e. The summed E-state index contributed by atoms with van der Waals surface area (Å²) in [5, 5.41) is 21.4. The molecule has 1 aliphatic heterocycles. The molecular weight excluding hydrogens is 512 g/mol. The van der Waals surface area contributed by atoms with Gasteiger partial charge in [-0.25, -0.2) is 0 Å². The standard InChI is InChI=1S/C31H40N2O5S/c1-37-24-5-3-6-26(19-24)39-18-4-16-33-17-14-22(23(21-33)8-12-31(35)36)7-11-30(34)27-13-15-32-29-10-9-25(38-2)20-28(27)29/h3,5-6,9-10,13,15,19-20,22-23,30,34H,4,7-8,11-12,14,16-18,21H2,1-2H3,(H,35,36)/t22-,23-,30-/m1/s1. The molecule has 2 aromatic carbocycles. The summed E-state index contributed by atoms with van der Waals surface area (Å²) in [6.45, 7) is 2.96. The fourth-order valence-electron chi connectivity index (χ4n) is 5.64. The van der Waals surface area contributed by atoms with Crippen LogP contribution in [0.25, 0.3) is 10.9 Å². The molecule has 1 aromatic heterocycles. The van der Waals surface area contributed by atoms with Gasteiger partial charge in [-0.1, -0.05) is 6.07 Å². The molecule has 0 saturated carbocycles. The number of ether oxygens (including phenoxy) is 2. The van der Waals surface area contributed by atoms with E-state index in [4.69, 9.17) is 9.47 Å². The first-order chi connectivity index (χ1) is 19.0. The molecule has 39 heavy (non-hydrogen) atoms. The highest BCUT2D eigenvalue weighted by Crippen LogP contribution is 2.35. The minimum atomic E-state index is -0.738. The molecule has 8 heteroatoms. The molecule has 3 atom stereocenters. The van der Waals surface area contributed by atoms with Crippen molar-refractivity contribution in [3.63, 3.8) is 0 Å². The van der Waals surface area contributed by atoms with E-state index in [1.54, 1.807) is 20.4 Å². The van der Waals surface area contributed by atoms with Crippen LogP contribution < -0.4 is 9.47 Å². The van der Waals surface area contributed by atoms with Crippen molar-refractivity contribution in [1.29, 1.82) is 0 Å². The Labute approximate surface area is 235 Å². The van der Waals surface area contributed by atoms with Crippen molar-refractivity contribution < 1.29 is 24.5 Å². The number of piperidine rings is 1. The number of aliphatic hydroxyl groups excluding tert-OH is 1. The average Bonchev–Trinajstić information content (AvgIpc) is 2.96. The molecule has 0 amide bonds. The number of carboxylic acids is 1. The topological polar surface area (TPSA) is 92.1 Å². The Bertz CT molecular complexity index is 1220. The molecule has 1 fully saturated rings. The zero-order valence-electron chi connectivity index (χ0n) is 22.9. The fraction of sp³-hybridized carbons (Fsp3) is 0.484. The van der Waals surface area contributed by atoms with Crippen molar-refractivity contribution in [3.8, 4) is 11.5 Å². The van der Waals surface area contributed by atoms with Gasteiger partial charge in [0.15, 0.2) is 0 Å². The molecular formula is C31H40N2O5S. The molecule has 3 aromatic rings. The third kappa shape index (κ3) is 8.34. The number of methoxy groups -OCH3 is 2. The van der Waals surface area contributed by atoms with Gasteiger partial charge < -0.3 is 24.6 Å². The number of nitrogens with zero attached hydrogens (tertiary/aromatic N) is 2. The molecule has 0 unspecified atom stereocenters. The summed E-state index contributed by atoms with van der Waals surface area (Å²) < 4.78 is 10.7. The van der Waals surface area contributed by atoms with E-state index >= 15 is 0 Å². The van der Waals surface area contributed by atoms with E-state index in [1.165, 1.54) is 4.90 Å². The quantitative estimate of drug-likeness (QED) is 0.184. The first-order valence-corrected chi connectivity index (χ1v) is 14.8. The van der Waals surface area contributed by atoms with E-state index in [2.05, 4.69) is 22.0 Å². The van der Waals surface area contributed by atoms with Gasteiger partial charge in [0, 0.05) is 29.4 Å². The lowest BCUT2D eigenvalue weighted by Crippen LogP contribution is -2.41. The van der Waals surface area contributed by atoms with Crippen molar-refractivity contribution in [3.05, 3.63) is 60.3 Å². The van der Waals surface area contributed by atoms with Gasteiger partial charge in [0.2, 0.25) is 0 Å². The number of aliphatic hydroxyl groups is 1. The number of thioether (sulfide) groups is 1. The summed E-state index contributed by atoms with van der Waals surface area (Å²) in [4.78, 5) is 19.5. The maximum absolute atomic E-state index is 11.4. The van der Waals surface area contributed by atoms with Gasteiger partial charge in [0.05, 0.1) is 25.8 Å². The zero-order chi connectivity index (χ0) is 27.6. The van der Waals surface area contributed by atoms with Crippen LogP contribution in [0.15, 0.2) is 59.6 Å². The number of pyridine rings is 1. The number of hydrogen-bond donors (Lipinski definition) is 2. The van der Waals surface area contributed by atoms with Crippen LogP contribution in [0.3, 0.4) is 0 Å². The summed E-state index contributed by atoms with van der Waals surface area (Å²) in [6, 6.07) is 15.8. The normalized spacial score (nSPS) is 18.6. The Balaban J connectivity index is 1.31. The van der Waals surface area contributed by atoms with Crippen molar-refractivity contribution in [2.45, 2.75) is 49.5 Å². The summed E-state index contributed by atoms with van der Waals surface area (Å²) in [6.07, 6.45) is 5.64.